The highest BCUT2D eigenvalue weighted by atomic mass is 16.5. The molecule has 4 rings (SSSR count). The molecule has 0 unspecified atom stereocenters. The van der Waals surface area contributed by atoms with Crippen molar-refractivity contribution < 1.29 is 19.1 Å². The molecule has 6 nitrogen and oxygen atoms in total. The fourth-order valence-electron chi connectivity index (χ4n) is 3.53. The molecule has 3 amide bonds. The molecule has 6 heteroatoms. The lowest BCUT2D eigenvalue weighted by molar-refractivity contribution is -0.133. The van der Waals surface area contributed by atoms with Crippen molar-refractivity contribution in [3.8, 4) is 5.75 Å². The number of hydrogen-bond donors (Lipinski definition) is 1. The Morgan fingerprint density at radius 1 is 1.27 bits per heavy atom. The van der Waals surface area contributed by atoms with Crippen molar-refractivity contribution in [1.82, 2.24) is 10.2 Å². The lowest BCUT2D eigenvalue weighted by Crippen LogP contribution is -2.47. The molecular formula is C16H18N2O4. The van der Waals surface area contributed by atoms with Gasteiger partial charge in [0, 0.05) is 18.6 Å². The van der Waals surface area contributed by atoms with Crippen LogP contribution in [0.3, 0.4) is 0 Å². The molecule has 0 radical (unpaired) electrons. The maximum atomic E-state index is 13.0. The van der Waals surface area contributed by atoms with Crippen molar-refractivity contribution in [2.24, 2.45) is 0 Å². The van der Waals surface area contributed by atoms with Gasteiger partial charge in [0.05, 0.1) is 19.3 Å². The van der Waals surface area contributed by atoms with Crippen LogP contribution in [0.25, 0.3) is 0 Å². The van der Waals surface area contributed by atoms with E-state index in [9.17, 15) is 9.59 Å². The van der Waals surface area contributed by atoms with Crippen molar-refractivity contribution in [3.63, 3.8) is 0 Å². The smallest absolute Gasteiger partial charge is 0.325 e. The number of amides is 3. The third kappa shape index (κ3) is 1.90. The van der Waals surface area contributed by atoms with Crippen LogP contribution >= 0.6 is 0 Å². The van der Waals surface area contributed by atoms with Gasteiger partial charge < -0.3 is 14.8 Å². The molecule has 0 aromatic heterocycles. The van der Waals surface area contributed by atoms with Gasteiger partial charge in [-0.15, -0.1) is 0 Å². The number of carbonyl (C=O) groups is 2. The second-order valence-electron chi connectivity index (χ2n) is 5.98. The Kier molecular flexibility index (Phi) is 3.07. The topological polar surface area (TPSA) is 67.9 Å². The molecule has 1 aromatic rings. The van der Waals surface area contributed by atoms with Crippen molar-refractivity contribution in [2.45, 2.75) is 30.9 Å². The molecule has 1 spiro atoms. The van der Waals surface area contributed by atoms with Gasteiger partial charge in [-0.1, -0.05) is 18.2 Å². The van der Waals surface area contributed by atoms with Crippen LogP contribution < -0.4 is 10.1 Å². The highest BCUT2D eigenvalue weighted by molar-refractivity contribution is 6.08. The molecule has 0 aliphatic carbocycles. The number of carbonyl (C=O) groups excluding carboxylic acids is 2. The lowest BCUT2D eigenvalue weighted by atomic mass is 9.84. The van der Waals surface area contributed by atoms with Crippen LogP contribution in [0.1, 0.15) is 24.8 Å². The molecule has 0 saturated carbocycles. The Labute approximate surface area is 128 Å². The first kappa shape index (κ1) is 13.6. The van der Waals surface area contributed by atoms with Crippen LogP contribution in [-0.4, -0.2) is 42.7 Å². The van der Waals surface area contributed by atoms with Crippen LogP contribution in [0.2, 0.25) is 0 Å². The number of urea groups is 1. The maximum absolute atomic E-state index is 13.0. The normalized spacial score (nSPS) is 30.4. The number of nitrogens with one attached hydrogen (secondary N) is 1. The number of hydrogen-bond acceptors (Lipinski definition) is 4. The van der Waals surface area contributed by atoms with E-state index in [-0.39, 0.29) is 18.0 Å². The molecular weight excluding hydrogens is 284 g/mol. The number of benzene rings is 1. The fraction of sp³-hybridized carbons (Fsp3) is 0.500. The highest BCUT2D eigenvalue weighted by Crippen LogP contribution is 2.41. The Bertz CT molecular complexity index is 626. The summed E-state index contributed by atoms with van der Waals surface area (Å²) in [5.41, 5.74) is -0.237. The van der Waals surface area contributed by atoms with E-state index >= 15 is 0 Å². The van der Waals surface area contributed by atoms with E-state index in [2.05, 4.69) is 5.32 Å². The minimum atomic E-state index is -0.982. The highest BCUT2D eigenvalue weighted by Gasteiger charge is 2.55. The molecule has 2 saturated heterocycles. The number of nitrogens with zero attached hydrogens (tertiary/aromatic N) is 1. The fourth-order valence-corrected chi connectivity index (χ4v) is 3.53. The van der Waals surface area contributed by atoms with Crippen molar-refractivity contribution in [2.75, 3.05) is 19.8 Å². The summed E-state index contributed by atoms with van der Waals surface area (Å²) in [5, 5.41) is 2.90. The van der Waals surface area contributed by atoms with Crippen LogP contribution in [0.15, 0.2) is 24.3 Å². The number of fused-ring (bicyclic) bond motifs is 2. The third-order valence-corrected chi connectivity index (χ3v) is 4.67. The zero-order valence-corrected chi connectivity index (χ0v) is 12.2. The van der Waals surface area contributed by atoms with Gasteiger partial charge in [-0.2, -0.15) is 0 Å². The Hall–Kier alpha value is -2.08. The standard InChI is InChI=1S/C16H18N2O4/c19-14-16(7-9-22-13-6-2-1-5-12(13)16)17-15(20)18(14)10-11-4-3-8-21-11/h1-2,5-6,11H,3-4,7-10H2,(H,17,20)/t11-,16-/m0/s1. The lowest BCUT2D eigenvalue weighted by Gasteiger charge is -2.33. The Morgan fingerprint density at radius 3 is 2.95 bits per heavy atom. The van der Waals surface area contributed by atoms with E-state index in [0.29, 0.717) is 31.9 Å². The molecule has 1 aromatic carbocycles. The zero-order valence-electron chi connectivity index (χ0n) is 12.2. The minimum absolute atomic E-state index is 0.0417. The molecule has 1 N–H and O–H groups in total. The van der Waals surface area contributed by atoms with Crippen molar-refractivity contribution in [3.05, 3.63) is 29.8 Å². The van der Waals surface area contributed by atoms with Gasteiger partial charge >= 0.3 is 6.03 Å². The van der Waals surface area contributed by atoms with Gasteiger partial charge in [0.2, 0.25) is 0 Å². The monoisotopic (exact) mass is 302 g/mol. The van der Waals surface area contributed by atoms with Crippen molar-refractivity contribution >= 4 is 11.9 Å². The SMILES string of the molecule is O=C1N[C@]2(CCOc3ccccc32)C(=O)N1C[C@@H]1CCCO1. The van der Waals surface area contributed by atoms with E-state index in [4.69, 9.17) is 9.47 Å². The molecule has 2 fully saturated rings. The van der Waals surface area contributed by atoms with Crippen LogP contribution in [0, 0.1) is 0 Å². The summed E-state index contributed by atoms with van der Waals surface area (Å²) < 4.78 is 11.2. The molecule has 3 heterocycles. The zero-order chi connectivity index (χ0) is 15.2. The molecule has 3 aliphatic heterocycles. The average molecular weight is 302 g/mol. The number of para-hydroxylation sites is 1. The summed E-state index contributed by atoms with van der Waals surface area (Å²) in [6.07, 6.45) is 2.29. The van der Waals surface area contributed by atoms with Gasteiger partial charge in [0.15, 0.2) is 5.54 Å². The maximum Gasteiger partial charge on any atom is 0.325 e. The predicted octanol–water partition coefficient (Wildman–Crippen LogP) is 1.40. The molecule has 0 bridgehead atoms. The predicted molar refractivity (Wildman–Crippen MR) is 77.5 cm³/mol. The van der Waals surface area contributed by atoms with Gasteiger partial charge in [-0.05, 0) is 18.9 Å². The summed E-state index contributed by atoms with van der Waals surface area (Å²) in [5.74, 6) is 0.477. The van der Waals surface area contributed by atoms with E-state index < -0.39 is 5.54 Å². The van der Waals surface area contributed by atoms with E-state index in [1.165, 1.54) is 4.90 Å². The largest absolute Gasteiger partial charge is 0.493 e. The quantitative estimate of drug-likeness (QED) is 0.838. The van der Waals surface area contributed by atoms with Crippen molar-refractivity contribution in [1.29, 1.82) is 0 Å². The third-order valence-electron chi connectivity index (χ3n) is 4.67. The van der Waals surface area contributed by atoms with E-state index in [1.54, 1.807) is 0 Å². The first-order valence-corrected chi connectivity index (χ1v) is 7.69. The summed E-state index contributed by atoms with van der Waals surface area (Å²) in [6, 6.07) is 7.07. The second-order valence-corrected chi connectivity index (χ2v) is 5.98. The van der Waals surface area contributed by atoms with Crippen LogP contribution in [0.5, 0.6) is 5.75 Å². The van der Waals surface area contributed by atoms with Crippen LogP contribution in [-0.2, 0) is 15.1 Å². The molecule has 3 aliphatic rings. The van der Waals surface area contributed by atoms with Crippen LogP contribution in [0.4, 0.5) is 4.79 Å². The van der Waals surface area contributed by atoms with Gasteiger partial charge in [-0.3, -0.25) is 9.69 Å². The summed E-state index contributed by atoms with van der Waals surface area (Å²) in [7, 11) is 0. The van der Waals surface area contributed by atoms with Gasteiger partial charge in [0.25, 0.3) is 5.91 Å². The summed E-state index contributed by atoms with van der Waals surface area (Å²) in [6.45, 7) is 1.45. The first-order chi connectivity index (χ1) is 10.7. The Morgan fingerprint density at radius 2 is 2.14 bits per heavy atom. The number of ether oxygens (including phenoxy) is 2. The number of rotatable bonds is 2. The van der Waals surface area contributed by atoms with Gasteiger partial charge in [0.1, 0.15) is 5.75 Å². The molecule has 2 atom stereocenters. The average Bonchev–Trinajstić information content (AvgIpc) is 3.12. The Balaban J connectivity index is 1.66. The summed E-state index contributed by atoms with van der Waals surface area (Å²) >= 11 is 0. The molecule has 116 valence electrons. The molecule has 22 heavy (non-hydrogen) atoms. The number of imide groups is 1. The van der Waals surface area contributed by atoms with Gasteiger partial charge in [-0.25, -0.2) is 4.79 Å². The minimum Gasteiger partial charge on any atom is -0.493 e. The first-order valence-electron chi connectivity index (χ1n) is 7.69. The second kappa shape index (κ2) is 4.98. The van der Waals surface area contributed by atoms with E-state index in [0.717, 1.165) is 18.4 Å². The van der Waals surface area contributed by atoms with E-state index in [1.807, 2.05) is 24.3 Å². The summed E-state index contributed by atoms with van der Waals surface area (Å²) in [4.78, 5) is 26.6.